The molecule has 1 saturated carbocycles. The monoisotopic (exact) mass is 455 g/mol. The SMILES string of the molecule is CN(C)c1cc(N2CC(C)(COC3CC3)C2)ccc1-c1cn(CC2OCC(C)(C)CO2)nn1. The number of hydrogen-bond acceptors (Lipinski definition) is 7. The molecule has 2 saturated heterocycles. The van der Waals surface area contributed by atoms with Crippen molar-refractivity contribution in [2.45, 2.75) is 52.6 Å². The van der Waals surface area contributed by atoms with Gasteiger partial charge in [-0.05, 0) is 31.0 Å². The molecule has 3 heterocycles. The van der Waals surface area contributed by atoms with Gasteiger partial charge in [-0.2, -0.15) is 0 Å². The van der Waals surface area contributed by atoms with Crippen LogP contribution in [-0.2, 0) is 20.8 Å². The molecule has 8 heteroatoms. The zero-order chi connectivity index (χ0) is 23.2. The van der Waals surface area contributed by atoms with Crippen LogP contribution >= 0.6 is 0 Å². The lowest BCUT2D eigenvalue weighted by Gasteiger charge is -2.49. The van der Waals surface area contributed by atoms with E-state index in [0.29, 0.717) is 25.9 Å². The van der Waals surface area contributed by atoms with E-state index < -0.39 is 0 Å². The molecule has 0 radical (unpaired) electrons. The maximum absolute atomic E-state index is 5.98. The third-order valence-corrected chi connectivity index (χ3v) is 6.64. The zero-order valence-electron chi connectivity index (χ0n) is 20.6. The number of nitrogens with zero attached hydrogens (tertiary/aromatic N) is 5. The molecule has 0 spiro atoms. The molecule has 0 atom stereocenters. The Kier molecular flexibility index (Phi) is 5.87. The van der Waals surface area contributed by atoms with E-state index >= 15 is 0 Å². The third kappa shape index (κ3) is 5.18. The van der Waals surface area contributed by atoms with Gasteiger partial charge in [0.15, 0.2) is 6.29 Å². The van der Waals surface area contributed by atoms with Crippen molar-refractivity contribution in [2.75, 3.05) is 56.8 Å². The summed E-state index contributed by atoms with van der Waals surface area (Å²) in [4.78, 5) is 4.58. The van der Waals surface area contributed by atoms with Gasteiger partial charge in [-0.25, -0.2) is 4.68 Å². The van der Waals surface area contributed by atoms with E-state index in [0.717, 1.165) is 36.6 Å². The predicted molar refractivity (Wildman–Crippen MR) is 129 cm³/mol. The molecular weight excluding hydrogens is 418 g/mol. The molecule has 5 rings (SSSR count). The first kappa shape index (κ1) is 22.6. The van der Waals surface area contributed by atoms with Crippen molar-refractivity contribution in [3.63, 3.8) is 0 Å². The minimum Gasteiger partial charge on any atom is -0.378 e. The van der Waals surface area contributed by atoms with Crippen molar-refractivity contribution in [3.05, 3.63) is 24.4 Å². The summed E-state index contributed by atoms with van der Waals surface area (Å²) in [6, 6.07) is 6.61. The van der Waals surface area contributed by atoms with Gasteiger partial charge in [0.2, 0.25) is 0 Å². The molecule has 180 valence electrons. The fourth-order valence-corrected chi connectivity index (χ4v) is 4.50. The lowest BCUT2D eigenvalue weighted by molar-refractivity contribution is -0.227. The Balaban J connectivity index is 1.25. The molecule has 0 unspecified atom stereocenters. The third-order valence-electron chi connectivity index (χ3n) is 6.64. The molecule has 1 aromatic heterocycles. The highest BCUT2D eigenvalue weighted by Gasteiger charge is 2.40. The number of rotatable bonds is 8. The van der Waals surface area contributed by atoms with E-state index in [9.17, 15) is 0 Å². The van der Waals surface area contributed by atoms with E-state index in [4.69, 9.17) is 14.2 Å². The van der Waals surface area contributed by atoms with Crippen LogP contribution in [0.3, 0.4) is 0 Å². The molecule has 0 amide bonds. The summed E-state index contributed by atoms with van der Waals surface area (Å²) in [5.74, 6) is 0. The molecule has 2 aliphatic heterocycles. The Bertz CT molecular complexity index is 968. The van der Waals surface area contributed by atoms with E-state index in [1.165, 1.54) is 18.5 Å². The summed E-state index contributed by atoms with van der Waals surface area (Å²) >= 11 is 0. The quantitative estimate of drug-likeness (QED) is 0.604. The fourth-order valence-electron chi connectivity index (χ4n) is 4.50. The van der Waals surface area contributed by atoms with Crippen LogP contribution in [0.5, 0.6) is 0 Å². The molecule has 8 nitrogen and oxygen atoms in total. The molecule has 3 fully saturated rings. The van der Waals surface area contributed by atoms with Gasteiger partial charge in [0.05, 0.1) is 38.7 Å². The predicted octanol–water partition coefficient (Wildman–Crippen LogP) is 3.42. The second-order valence-electron chi connectivity index (χ2n) is 11.3. The Morgan fingerprint density at radius 3 is 2.52 bits per heavy atom. The summed E-state index contributed by atoms with van der Waals surface area (Å²) in [7, 11) is 4.14. The second-order valence-corrected chi connectivity index (χ2v) is 11.3. The standard InChI is InChI=1S/C25H37N5O3/c1-24(2)15-32-23(33-16-24)12-30-11-21(26-27-30)20-9-6-18(10-22(20)28(4)5)29-13-25(3,14-29)17-31-19-7-8-19/h6,9-11,19,23H,7-8,12-17H2,1-5H3. The molecule has 33 heavy (non-hydrogen) atoms. The Hall–Kier alpha value is -2.16. The summed E-state index contributed by atoms with van der Waals surface area (Å²) in [6.07, 6.45) is 4.68. The zero-order valence-corrected chi connectivity index (χ0v) is 20.6. The topological polar surface area (TPSA) is 64.9 Å². The maximum Gasteiger partial charge on any atom is 0.177 e. The average Bonchev–Trinajstić information content (AvgIpc) is 3.48. The molecular formula is C25H37N5O3. The first-order valence-corrected chi connectivity index (χ1v) is 12.0. The summed E-state index contributed by atoms with van der Waals surface area (Å²) in [5, 5.41) is 8.78. The van der Waals surface area contributed by atoms with Crippen LogP contribution in [0.2, 0.25) is 0 Å². The van der Waals surface area contributed by atoms with Crippen molar-refractivity contribution in [2.24, 2.45) is 10.8 Å². The van der Waals surface area contributed by atoms with Crippen molar-refractivity contribution >= 4 is 11.4 Å². The molecule has 2 aromatic rings. The fraction of sp³-hybridized carbons (Fsp3) is 0.680. The van der Waals surface area contributed by atoms with Gasteiger partial charge in [-0.15, -0.1) is 5.10 Å². The highest BCUT2D eigenvalue weighted by molar-refractivity contribution is 5.79. The van der Waals surface area contributed by atoms with E-state index in [2.05, 4.69) is 73.2 Å². The average molecular weight is 456 g/mol. The van der Waals surface area contributed by atoms with E-state index in [1.54, 1.807) is 0 Å². The van der Waals surface area contributed by atoms with Crippen LogP contribution in [0.25, 0.3) is 11.3 Å². The van der Waals surface area contributed by atoms with Gasteiger partial charge in [0.1, 0.15) is 5.69 Å². The molecule has 0 N–H and O–H groups in total. The summed E-state index contributed by atoms with van der Waals surface area (Å²) in [5.41, 5.74) is 4.61. The van der Waals surface area contributed by atoms with E-state index in [-0.39, 0.29) is 17.1 Å². The largest absolute Gasteiger partial charge is 0.378 e. The van der Waals surface area contributed by atoms with Crippen LogP contribution in [0.4, 0.5) is 11.4 Å². The van der Waals surface area contributed by atoms with Gasteiger partial charge in [0, 0.05) is 55.0 Å². The van der Waals surface area contributed by atoms with Crippen LogP contribution in [0, 0.1) is 10.8 Å². The summed E-state index contributed by atoms with van der Waals surface area (Å²) < 4.78 is 19.5. The van der Waals surface area contributed by atoms with Crippen LogP contribution in [0.1, 0.15) is 33.6 Å². The van der Waals surface area contributed by atoms with Crippen molar-refractivity contribution in [3.8, 4) is 11.3 Å². The van der Waals surface area contributed by atoms with Gasteiger partial charge in [0.25, 0.3) is 0 Å². The minimum atomic E-state index is -0.284. The van der Waals surface area contributed by atoms with Crippen LogP contribution in [-0.4, -0.2) is 74.4 Å². The number of hydrogen-bond donors (Lipinski definition) is 0. The first-order chi connectivity index (χ1) is 15.7. The molecule has 1 aliphatic carbocycles. The normalized spacial score (nSPS) is 22.3. The second kappa shape index (κ2) is 8.56. The van der Waals surface area contributed by atoms with E-state index in [1.807, 2.05) is 10.9 Å². The molecule has 1 aromatic carbocycles. The summed E-state index contributed by atoms with van der Waals surface area (Å²) in [6.45, 7) is 11.4. The van der Waals surface area contributed by atoms with Crippen LogP contribution < -0.4 is 9.80 Å². The highest BCUT2D eigenvalue weighted by atomic mass is 16.7. The van der Waals surface area contributed by atoms with Gasteiger partial charge < -0.3 is 24.0 Å². The Labute approximate surface area is 196 Å². The molecule has 0 bridgehead atoms. The Morgan fingerprint density at radius 1 is 1.12 bits per heavy atom. The number of benzene rings is 1. The number of ether oxygens (including phenoxy) is 3. The number of aromatic nitrogens is 3. The first-order valence-electron chi connectivity index (χ1n) is 12.0. The van der Waals surface area contributed by atoms with Gasteiger partial charge >= 0.3 is 0 Å². The van der Waals surface area contributed by atoms with Crippen molar-refractivity contribution in [1.82, 2.24) is 15.0 Å². The van der Waals surface area contributed by atoms with Crippen LogP contribution in [0.15, 0.2) is 24.4 Å². The minimum absolute atomic E-state index is 0.0600. The lowest BCUT2D eigenvalue weighted by Crippen LogP contribution is -2.57. The Morgan fingerprint density at radius 2 is 1.85 bits per heavy atom. The van der Waals surface area contributed by atoms with Gasteiger partial charge in [-0.3, -0.25) is 0 Å². The van der Waals surface area contributed by atoms with Crippen molar-refractivity contribution in [1.29, 1.82) is 0 Å². The maximum atomic E-state index is 5.98. The smallest absolute Gasteiger partial charge is 0.177 e. The van der Waals surface area contributed by atoms with Gasteiger partial charge in [-0.1, -0.05) is 26.0 Å². The van der Waals surface area contributed by atoms with Crippen molar-refractivity contribution < 1.29 is 14.2 Å². The molecule has 3 aliphatic rings. The number of anilines is 2. The lowest BCUT2D eigenvalue weighted by atomic mass is 9.82. The highest BCUT2D eigenvalue weighted by Crippen LogP contribution is 2.39.